The molecular weight excluding hydrogens is 194 g/mol. The molecule has 0 radical (unpaired) electrons. The Kier molecular flexibility index (Phi) is 1.16. The molecule has 3 nitrogen and oxygen atoms in total. The molecule has 0 N–H and O–H groups in total. The van der Waals surface area contributed by atoms with Crippen molar-refractivity contribution in [2.75, 3.05) is 0 Å². The van der Waals surface area contributed by atoms with Gasteiger partial charge in [0.2, 0.25) is 4.96 Å². The van der Waals surface area contributed by atoms with E-state index in [2.05, 4.69) is 16.5 Å². The molecule has 2 unspecified atom stereocenters. The molecular formula is C10H11N3S. The van der Waals surface area contributed by atoms with Gasteiger partial charge in [-0.2, -0.15) is 5.10 Å². The molecule has 14 heavy (non-hydrogen) atoms. The lowest BCUT2D eigenvalue weighted by Gasteiger charge is -2.07. The second-order valence-electron chi connectivity index (χ2n) is 4.40. The van der Waals surface area contributed by atoms with Gasteiger partial charge in [0.05, 0.1) is 11.4 Å². The van der Waals surface area contributed by atoms with E-state index in [9.17, 15) is 0 Å². The van der Waals surface area contributed by atoms with Crippen molar-refractivity contribution < 1.29 is 0 Å². The van der Waals surface area contributed by atoms with Crippen LogP contribution in [0.2, 0.25) is 0 Å². The first kappa shape index (κ1) is 7.40. The third kappa shape index (κ3) is 0.704. The highest BCUT2D eigenvalue weighted by molar-refractivity contribution is 7.16. The van der Waals surface area contributed by atoms with Gasteiger partial charge in [0.1, 0.15) is 5.01 Å². The van der Waals surface area contributed by atoms with Gasteiger partial charge in [-0.25, -0.2) is 9.50 Å². The lowest BCUT2D eigenvalue weighted by Crippen LogP contribution is -2.00. The summed E-state index contributed by atoms with van der Waals surface area (Å²) in [7, 11) is 0. The minimum absolute atomic E-state index is 0.754. The highest BCUT2D eigenvalue weighted by atomic mass is 32.1. The van der Waals surface area contributed by atoms with Crippen molar-refractivity contribution in [1.29, 1.82) is 0 Å². The van der Waals surface area contributed by atoms with Crippen LogP contribution in [0, 0.1) is 6.92 Å². The van der Waals surface area contributed by atoms with Gasteiger partial charge in [-0.3, -0.25) is 0 Å². The third-order valence-corrected chi connectivity index (χ3v) is 4.40. The number of aromatic nitrogens is 3. The predicted octanol–water partition coefficient (Wildman–Crippen LogP) is 2.46. The van der Waals surface area contributed by atoms with Crippen LogP contribution in [0.15, 0.2) is 0 Å². The molecule has 1 fully saturated rings. The molecule has 72 valence electrons. The summed E-state index contributed by atoms with van der Waals surface area (Å²) in [5.41, 5.74) is 2.79. The van der Waals surface area contributed by atoms with Gasteiger partial charge in [0.15, 0.2) is 0 Å². The van der Waals surface area contributed by atoms with E-state index < -0.39 is 0 Å². The molecule has 0 aliphatic heterocycles. The van der Waals surface area contributed by atoms with E-state index in [1.807, 2.05) is 0 Å². The maximum absolute atomic E-state index is 4.72. The maximum atomic E-state index is 4.72. The Morgan fingerprint density at radius 2 is 2.21 bits per heavy atom. The Morgan fingerprint density at radius 1 is 1.36 bits per heavy atom. The first-order valence-corrected chi connectivity index (χ1v) is 6.00. The Hall–Kier alpha value is -0.900. The Labute approximate surface area is 85.8 Å². The highest BCUT2D eigenvalue weighted by Gasteiger charge is 2.41. The SMILES string of the molecule is Cc1nn2c3c(nc2s1)C1CCC3C1. The lowest BCUT2D eigenvalue weighted by atomic mass is 10.0. The molecule has 2 aliphatic carbocycles. The smallest absolute Gasteiger partial charge is 0.212 e. The zero-order valence-electron chi connectivity index (χ0n) is 8.03. The van der Waals surface area contributed by atoms with Crippen LogP contribution in [-0.2, 0) is 0 Å². The number of nitrogens with zero attached hydrogens (tertiary/aromatic N) is 3. The van der Waals surface area contributed by atoms with Gasteiger partial charge < -0.3 is 0 Å². The number of fused-ring (bicyclic) bond motifs is 7. The van der Waals surface area contributed by atoms with E-state index >= 15 is 0 Å². The molecule has 4 rings (SSSR count). The zero-order chi connectivity index (χ0) is 9.28. The molecule has 2 heterocycles. The number of hydrogen-bond donors (Lipinski definition) is 0. The van der Waals surface area contributed by atoms with Gasteiger partial charge >= 0.3 is 0 Å². The third-order valence-electron chi connectivity index (χ3n) is 3.57. The van der Waals surface area contributed by atoms with Crippen LogP contribution >= 0.6 is 11.3 Å². The van der Waals surface area contributed by atoms with Crippen LogP contribution in [0.1, 0.15) is 47.5 Å². The minimum Gasteiger partial charge on any atom is -0.222 e. The predicted molar refractivity (Wildman–Crippen MR) is 54.9 cm³/mol. The summed E-state index contributed by atoms with van der Waals surface area (Å²) in [6.07, 6.45) is 4.03. The summed E-state index contributed by atoms with van der Waals surface area (Å²) in [5.74, 6) is 1.51. The number of hydrogen-bond acceptors (Lipinski definition) is 3. The molecule has 4 heteroatoms. The van der Waals surface area contributed by atoms with Gasteiger partial charge in [-0.1, -0.05) is 11.3 Å². The van der Waals surface area contributed by atoms with Crippen molar-refractivity contribution in [3.8, 4) is 0 Å². The first-order chi connectivity index (χ1) is 6.83. The molecule has 2 aromatic heterocycles. The number of rotatable bonds is 0. The van der Waals surface area contributed by atoms with Crippen LogP contribution in [0.4, 0.5) is 0 Å². The average molecular weight is 205 g/mol. The van der Waals surface area contributed by atoms with Crippen molar-refractivity contribution in [2.24, 2.45) is 0 Å². The summed E-state index contributed by atoms with van der Waals surface area (Å²) >= 11 is 1.71. The van der Waals surface area contributed by atoms with Gasteiger partial charge in [0.25, 0.3) is 0 Å². The van der Waals surface area contributed by atoms with Gasteiger partial charge in [0, 0.05) is 11.8 Å². The fourth-order valence-corrected chi connectivity index (χ4v) is 3.79. The molecule has 0 spiro atoms. The molecule has 0 saturated heterocycles. The summed E-state index contributed by atoms with van der Waals surface area (Å²) in [6.45, 7) is 2.05. The van der Waals surface area contributed by atoms with Crippen LogP contribution in [0.5, 0.6) is 0 Å². The monoisotopic (exact) mass is 205 g/mol. The second kappa shape index (κ2) is 2.19. The van der Waals surface area contributed by atoms with Crippen molar-refractivity contribution in [3.63, 3.8) is 0 Å². The van der Waals surface area contributed by atoms with Crippen LogP contribution in [0.25, 0.3) is 4.96 Å². The van der Waals surface area contributed by atoms with Crippen molar-refractivity contribution in [1.82, 2.24) is 14.6 Å². The maximum Gasteiger partial charge on any atom is 0.212 e. The topological polar surface area (TPSA) is 30.2 Å². The number of imidazole rings is 1. The Morgan fingerprint density at radius 3 is 3.14 bits per heavy atom. The second-order valence-corrected chi connectivity index (χ2v) is 5.56. The van der Waals surface area contributed by atoms with Gasteiger partial charge in [-0.15, -0.1) is 0 Å². The normalized spacial score (nSPS) is 28.9. The molecule has 1 saturated carbocycles. The van der Waals surface area contributed by atoms with E-state index in [1.165, 1.54) is 30.7 Å². The fourth-order valence-electron chi connectivity index (χ4n) is 3.04. The van der Waals surface area contributed by atoms with E-state index in [0.717, 1.165) is 21.8 Å². The van der Waals surface area contributed by atoms with Crippen LogP contribution in [-0.4, -0.2) is 14.6 Å². The van der Waals surface area contributed by atoms with E-state index in [1.54, 1.807) is 11.3 Å². The van der Waals surface area contributed by atoms with Crippen LogP contribution < -0.4 is 0 Å². The molecule has 2 aliphatic rings. The summed E-state index contributed by atoms with van der Waals surface area (Å²) in [6, 6.07) is 0. The first-order valence-electron chi connectivity index (χ1n) is 5.19. The molecule has 2 aromatic rings. The van der Waals surface area contributed by atoms with Crippen molar-refractivity contribution in [2.45, 2.75) is 38.0 Å². The Bertz CT molecular complexity index is 525. The van der Waals surface area contributed by atoms with Crippen molar-refractivity contribution >= 4 is 16.3 Å². The van der Waals surface area contributed by atoms with E-state index in [4.69, 9.17) is 4.98 Å². The fraction of sp³-hybridized carbons (Fsp3) is 0.600. The standard InChI is InChI=1S/C10H11N3S/c1-5-12-13-9-7-3-2-6(4-7)8(9)11-10(13)14-5/h6-7H,2-4H2,1H3. The lowest BCUT2D eigenvalue weighted by molar-refractivity contribution is 0.673. The Balaban J connectivity index is 2.10. The van der Waals surface area contributed by atoms with Crippen LogP contribution in [0.3, 0.4) is 0 Å². The van der Waals surface area contributed by atoms with Crippen molar-refractivity contribution in [3.05, 3.63) is 16.4 Å². The number of aryl methyl sites for hydroxylation is 1. The summed E-state index contributed by atoms with van der Waals surface area (Å²) in [5, 5.41) is 5.66. The minimum atomic E-state index is 0.754. The average Bonchev–Trinajstić information content (AvgIpc) is 2.78. The van der Waals surface area contributed by atoms with Gasteiger partial charge in [-0.05, 0) is 26.2 Å². The zero-order valence-corrected chi connectivity index (χ0v) is 8.84. The quantitative estimate of drug-likeness (QED) is 0.661. The molecule has 2 atom stereocenters. The highest BCUT2D eigenvalue weighted by Crippen LogP contribution is 2.52. The molecule has 2 bridgehead atoms. The summed E-state index contributed by atoms with van der Waals surface area (Å²) < 4.78 is 2.10. The van der Waals surface area contributed by atoms with E-state index in [0.29, 0.717) is 0 Å². The molecule has 0 aromatic carbocycles. The summed E-state index contributed by atoms with van der Waals surface area (Å²) in [4.78, 5) is 5.82. The largest absolute Gasteiger partial charge is 0.222 e. The van der Waals surface area contributed by atoms with E-state index in [-0.39, 0.29) is 0 Å². The molecule has 0 amide bonds.